The van der Waals surface area contributed by atoms with Crippen molar-refractivity contribution in [2.45, 2.75) is 34.1 Å². The molecule has 0 radical (unpaired) electrons. The van der Waals surface area contributed by atoms with Gasteiger partial charge in [0.05, 0.1) is 6.54 Å². The molecular formula is C14H25NO2. The summed E-state index contributed by atoms with van der Waals surface area (Å²) in [6.07, 6.45) is 4.15. The summed E-state index contributed by atoms with van der Waals surface area (Å²) < 4.78 is 0. The van der Waals surface area contributed by atoms with Crippen molar-refractivity contribution in [3.8, 4) is 0 Å². The first-order chi connectivity index (χ1) is 7.88. The van der Waals surface area contributed by atoms with E-state index < -0.39 is 5.41 Å². The average Bonchev–Trinajstić information content (AvgIpc) is 2.36. The second-order valence-corrected chi connectivity index (χ2v) is 4.17. The third-order valence-corrected chi connectivity index (χ3v) is 2.66. The highest BCUT2D eigenvalue weighted by Crippen LogP contribution is 2.22. The average molecular weight is 239 g/mol. The van der Waals surface area contributed by atoms with Crippen molar-refractivity contribution in [1.29, 1.82) is 0 Å². The van der Waals surface area contributed by atoms with Gasteiger partial charge in [0.25, 0.3) is 5.91 Å². The maximum atomic E-state index is 11.8. The molecule has 0 saturated carbocycles. The van der Waals surface area contributed by atoms with Gasteiger partial charge in [-0.1, -0.05) is 39.5 Å². The lowest BCUT2D eigenvalue weighted by Crippen LogP contribution is -2.39. The molecule has 1 N–H and O–H groups in total. The second-order valence-electron chi connectivity index (χ2n) is 4.17. The van der Waals surface area contributed by atoms with Crippen LogP contribution in [0, 0.1) is 5.41 Å². The quantitative estimate of drug-likeness (QED) is 0.345. The lowest BCUT2D eigenvalue weighted by Gasteiger charge is -2.26. The Morgan fingerprint density at radius 2 is 1.88 bits per heavy atom. The minimum absolute atomic E-state index is 0.197. The number of amides is 1. The molecule has 0 aromatic rings. The van der Waals surface area contributed by atoms with E-state index in [0.29, 0.717) is 6.42 Å². The Labute approximate surface area is 105 Å². The van der Waals surface area contributed by atoms with Crippen molar-refractivity contribution >= 4 is 5.91 Å². The molecule has 0 aliphatic heterocycles. The van der Waals surface area contributed by atoms with E-state index in [1.165, 1.54) is 0 Å². The Balaban J connectivity index is 0. The van der Waals surface area contributed by atoms with Crippen LogP contribution in [0.3, 0.4) is 0 Å². The highest BCUT2D eigenvalue weighted by molar-refractivity contribution is 5.81. The Morgan fingerprint density at radius 3 is 2.18 bits per heavy atom. The Kier molecular flexibility index (Phi) is 9.29. The van der Waals surface area contributed by atoms with E-state index in [-0.39, 0.29) is 12.5 Å². The molecule has 0 aromatic carbocycles. The zero-order valence-corrected chi connectivity index (χ0v) is 11.5. The molecule has 0 spiro atoms. The maximum absolute atomic E-state index is 11.8. The number of hydrogen-bond acceptors (Lipinski definition) is 2. The molecule has 0 unspecified atom stereocenters. The van der Waals surface area contributed by atoms with Crippen LogP contribution in [0.15, 0.2) is 37.5 Å². The van der Waals surface area contributed by atoms with Gasteiger partial charge in [-0.05, 0) is 18.9 Å². The van der Waals surface area contributed by atoms with Crippen molar-refractivity contribution in [2.75, 3.05) is 6.54 Å². The van der Waals surface area contributed by atoms with Gasteiger partial charge in [0.15, 0.2) is 0 Å². The number of carbonyl (C=O) groups is 1. The molecule has 0 heterocycles. The monoisotopic (exact) mass is 239 g/mol. The number of rotatable bonds is 5. The summed E-state index contributed by atoms with van der Waals surface area (Å²) >= 11 is 0. The van der Waals surface area contributed by atoms with Crippen LogP contribution in [-0.2, 0) is 4.79 Å². The van der Waals surface area contributed by atoms with Gasteiger partial charge < -0.3 is 0 Å². The molecule has 1 amide bonds. The topological polar surface area (TPSA) is 40.5 Å². The summed E-state index contributed by atoms with van der Waals surface area (Å²) in [6, 6.07) is 0. The molecule has 0 aliphatic rings. The fraction of sp³-hybridized carbons (Fsp3) is 0.500. The summed E-state index contributed by atoms with van der Waals surface area (Å²) in [5.41, 5.74) is 0.312. The lowest BCUT2D eigenvalue weighted by atomic mass is 9.89. The van der Waals surface area contributed by atoms with Gasteiger partial charge in [-0.3, -0.25) is 10.0 Å². The van der Waals surface area contributed by atoms with Crippen LogP contribution in [0.4, 0.5) is 0 Å². The van der Waals surface area contributed by atoms with Crippen molar-refractivity contribution in [3.05, 3.63) is 37.5 Å². The fourth-order valence-corrected chi connectivity index (χ4v) is 1.02. The van der Waals surface area contributed by atoms with Crippen LogP contribution < -0.4 is 0 Å². The zero-order chi connectivity index (χ0) is 14.1. The largest absolute Gasteiger partial charge is 0.286 e. The summed E-state index contributed by atoms with van der Waals surface area (Å²) in [5, 5.41) is 10.4. The molecule has 0 rings (SSSR count). The first kappa shape index (κ1) is 18.0. The smallest absolute Gasteiger partial charge is 0.251 e. The Bertz CT molecular complexity index is 280. The fourth-order valence-electron chi connectivity index (χ4n) is 1.02. The van der Waals surface area contributed by atoms with Gasteiger partial charge in [-0.2, -0.15) is 0 Å². The van der Waals surface area contributed by atoms with E-state index in [4.69, 9.17) is 0 Å². The van der Waals surface area contributed by atoms with Gasteiger partial charge >= 0.3 is 0 Å². The van der Waals surface area contributed by atoms with Crippen molar-refractivity contribution in [1.82, 2.24) is 5.06 Å². The van der Waals surface area contributed by atoms with Crippen LogP contribution >= 0.6 is 0 Å². The van der Waals surface area contributed by atoms with E-state index in [2.05, 4.69) is 19.7 Å². The minimum atomic E-state index is -0.519. The highest BCUT2D eigenvalue weighted by atomic mass is 16.5. The number of hydroxylamine groups is 2. The van der Waals surface area contributed by atoms with E-state index in [0.717, 1.165) is 10.6 Å². The zero-order valence-electron chi connectivity index (χ0n) is 11.5. The predicted octanol–water partition coefficient (Wildman–Crippen LogP) is 3.57. The molecule has 0 fully saturated rings. The Hall–Kier alpha value is -1.35. The lowest BCUT2D eigenvalue weighted by molar-refractivity contribution is -0.173. The molecule has 17 heavy (non-hydrogen) atoms. The number of nitrogens with zero attached hydrogens (tertiary/aromatic N) is 1. The number of hydrogen-bond donors (Lipinski definition) is 1. The normalized spacial score (nSPS) is 11.2. The van der Waals surface area contributed by atoms with Gasteiger partial charge in [0, 0.05) is 5.41 Å². The summed E-state index contributed by atoms with van der Waals surface area (Å²) in [5.74, 6) is -0.258. The second kappa shape index (κ2) is 8.76. The molecular weight excluding hydrogens is 214 g/mol. The molecule has 98 valence electrons. The predicted molar refractivity (Wildman–Crippen MR) is 72.8 cm³/mol. The third kappa shape index (κ3) is 6.07. The minimum Gasteiger partial charge on any atom is -0.286 e. The molecule has 0 saturated heterocycles. The van der Waals surface area contributed by atoms with Gasteiger partial charge in [-0.15, -0.1) is 13.2 Å². The number of allylic oxidation sites excluding steroid dienone is 1. The van der Waals surface area contributed by atoms with E-state index in [1.54, 1.807) is 6.08 Å². The third-order valence-electron chi connectivity index (χ3n) is 2.66. The van der Waals surface area contributed by atoms with Crippen LogP contribution in [0.25, 0.3) is 0 Å². The van der Waals surface area contributed by atoms with Crippen molar-refractivity contribution < 1.29 is 10.0 Å². The SMILES string of the molecule is C=C.C=C/C(=C\C)CN(O)C(=O)C(C)(C)CC. The van der Waals surface area contributed by atoms with E-state index >= 15 is 0 Å². The van der Waals surface area contributed by atoms with Crippen LogP contribution in [-0.4, -0.2) is 22.7 Å². The summed E-state index contributed by atoms with van der Waals surface area (Å²) in [7, 11) is 0. The standard InChI is InChI=1S/C12H21NO2.C2H4/c1-6-10(7-2)9-13(15)11(14)12(4,5)8-3;1-2/h6-7,15H,1,8-9H2,2-5H3;1-2H2/b10-7+;. The molecule has 3 heteroatoms. The van der Waals surface area contributed by atoms with Crippen LogP contribution in [0.2, 0.25) is 0 Å². The first-order valence-electron chi connectivity index (χ1n) is 5.67. The highest BCUT2D eigenvalue weighted by Gasteiger charge is 2.29. The molecule has 0 aliphatic carbocycles. The molecule has 0 bridgehead atoms. The van der Waals surface area contributed by atoms with Gasteiger partial charge in [0.1, 0.15) is 0 Å². The first-order valence-corrected chi connectivity index (χ1v) is 5.67. The van der Waals surface area contributed by atoms with Gasteiger partial charge in [-0.25, -0.2) is 5.06 Å². The molecule has 0 aromatic heterocycles. The Morgan fingerprint density at radius 1 is 1.41 bits per heavy atom. The van der Waals surface area contributed by atoms with Crippen LogP contribution in [0.1, 0.15) is 34.1 Å². The summed E-state index contributed by atoms with van der Waals surface area (Å²) in [6.45, 7) is 17.2. The van der Waals surface area contributed by atoms with Crippen molar-refractivity contribution in [3.63, 3.8) is 0 Å². The van der Waals surface area contributed by atoms with E-state index in [1.807, 2.05) is 33.8 Å². The summed E-state index contributed by atoms with van der Waals surface area (Å²) in [4.78, 5) is 11.8. The van der Waals surface area contributed by atoms with Gasteiger partial charge in [0.2, 0.25) is 0 Å². The van der Waals surface area contributed by atoms with Crippen molar-refractivity contribution in [2.24, 2.45) is 5.41 Å². The molecule has 0 atom stereocenters. The van der Waals surface area contributed by atoms with E-state index in [9.17, 15) is 10.0 Å². The number of carbonyl (C=O) groups excluding carboxylic acids is 1. The maximum Gasteiger partial charge on any atom is 0.251 e. The molecule has 3 nitrogen and oxygen atoms in total. The van der Waals surface area contributed by atoms with Crippen LogP contribution in [0.5, 0.6) is 0 Å².